The summed E-state index contributed by atoms with van der Waals surface area (Å²) in [6, 6.07) is 1.13. The van der Waals surface area contributed by atoms with E-state index in [0.29, 0.717) is 6.54 Å². The highest BCUT2D eigenvalue weighted by Gasteiger charge is 2.45. The van der Waals surface area contributed by atoms with Crippen LogP contribution in [0.5, 0.6) is 0 Å². The number of rotatable bonds is 4. The lowest BCUT2D eigenvalue weighted by molar-refractivity contribution is -0.270. The number of hydrogen-bond acceptors (Lipinski definition) is 7. The van der Waals surface area contributed by atoms with Gasteiger partial charge in [-0.15, -0.1) is 0 Å². The van der Waals surface area contributed by atoms with Crippen molar-refractivity contribution >= 4 is 0 Å². The van der Waals surface area contributed by atoms with Crippen LogP contribution in [0.4, 0.5) is 0 Å². The van der Waals surface area contributed by atoms with Gasteiger partial charge in [-0.2, -0.15) is 5.26 Å². The Kier molecular flexibility index (Phi) is 5.27. The fraction of sp³-hybridized carbons (Fsp3) is 0.900. The minimum Gasteiger partial charge on any atom is -0.394 e. The van der Waals surface area contributed by atoms with E-state index in [1.54, 1.807) is 11.9 Å². The zero-order chi connectivity index (χ0) is 13.0. The summed E-state index contributed by atoms with van der Waals surface area (Å²) < 4.78 is 5.00. The van der Waals surface area contributed by atoms with Crippen LogP contribution in [0.3, 0.4) is 0 Å². The molecule has 17 heavy (non-hydrogen) atoms. The SMILES string of the molecule is CN(CCC#N)[C@H]1C(O)O[C@H](CO)[C@@H](O)[C@@H]1O. The summed E-state index contributed by atoms with van der Waals surface area (Å²) in [6.07, 6.45) is -4.57. The van der Waals surface area contributed by atoms with Gasteiger partial charge in [0.25, 0.3) is 0 Å². The normalized spacial score (nSPS) is 38.1. The van der Waals surface area contributed by atoms with Crippen LogP contribution in [-0.4, -0.2) is 76.2 Å². The molecule has 0 spiro atoms. The van der Waals surface area contributed by atoms with Crippen LogP contribution < -0.4 is 0 Å². The van der Waals surface area contributed by atoms with Gasteiger partial charge in [-0.25, -0.2) is 0 Å². The number of aliphatic hydroxyl groups is 4. The van der Waals surface area contributed by atoms with Crippen LogP contribution in [0.25, 0.3) is 0 Å². The van der Waals surface area contributed by atoms with Crippen molar-refractivity contribution < 1.29 is 25.2 Å². The van der Waals surface area contributed by atoms with Gasteiger partial charge in [-0.05, 0) is 7.05 Å². The second-order valence-electron chi connectivity index (χ2n) is 4.11. The maximum atomic E-state index is 9.85. The first-order chi connectivity index (χ1) is 8.02. The number of likely N-dealkylation sites (N-methyl/N-ethyl adjacent to an activating group) is 1. The van der Waals surface area contributed by atoms with E-state index >= 15 is 0 Å². The van der Waals surface area contributed by atoms with Crippen molar-refractivity contribution in [1.82, 2.24) is 4.90 Å². The number of hydrogen-bond donors (Lipinski definition) is 4. The molecule has 0 aromatic rings. The minimum atomic E-state index is -1.31. The predicted molar refractivity (Wildman–Crippen MR) is 56.6 cm³/mol. The van der Waals surface area contributed by atoms with Crippen molar-refractivity contribution in [3.8, 4) is 6.07 Å². The van der Waals surface area contributed by atoms with Gasteiger partial charge >= 0.3 is 0 Å². The number of nitriles is 1. The number of ether oxygens (including phenoxy) is 1. The molecular weight excluding hydrogens is 228 g/mol. The van der Waals surface area contributed by atoms with Crippen LogP contribution in [0.2, 0.25) is 0 Å². The molecule has 0 bridgehead atoms. The van der Waals surface area contributed by atoms with Gasteiger partial charge in [-0.1, -0.05) is 0 Å². The van der Waals surface area contributed by atoms with Gasteiger partial charge in [0.1, 0.15) is 18.3 Å². The maximum Gasteiger partial charge on any atom is 0.173 e. The third-order valence-electron chi connectivity index (χ3n) is 2.95. The van der Waals surface area contributed by atoms with Crippen molar-refractivity contribution in [1.29, 1.82) is 5.26 Å². The second kappa shape index (κ2) is 6.26. The van der Waals surface area contributed by atoms with Crippen LogP contribution in [-0.2, 0) is 4.74 Å². The van der Waals surface area contributed by atoms with Crippen LogP contribution >= 0.6 is 0 Å². The molecule has 1 heterocycles. The lowest BCUT2D eigenvalue weighted by Gasteiger charge is -2.43. The molecule has 0 aromatic carbocycles. The van der Waals surface area contributed by atoms with Gasteiger partial charge < -0.3 is 25.2 Å². The molecule has 4 N–H and O–H groups in total. The fourth-order valence-electron chi connectivity index (χ4n) is 1.94. The molecule has 1 unspecified atom stereocenters. The summed E-state index contributed by atoms with van der Waals surface area (Å²) in [4.78, 5) is 1.55. The number of nitrogens with zero attached hydrogens (tertiary/aromatic N) is 2. The Hall–Kier alpha value is -0.750. The Morgan fingerprint density at radius 1 is 1.29 bits per heavy atom. The number of aliphatic hydroxyl groups excluding tert-OH is 4. The van der Waals surface area contributed by atoms with Crippen molar-refractivity contribution in [2.45, 2.75) is 37.1 Å². The molecule has 98 valence electrons. The van der Waals surface area contributed by atoms with E-state index in [1.807, 2.05) is 6.07 Å². The van der Waals surface area contributed by atoms with E-state index in [0.717, 1.165) is 0 Å². The zero-order valence-corrected chi connectivity index (χ0v) is 9.60. The summed E-state index contributed by atoms with van der Waals surface area (Å²) in [5.41, 5.74) is 0. The molecular formula is C10H18N2O5. The van der Waals surface area contributed by atoms with Gasteiger partial charge in [0.05, 0.1) is 18.7 Å². The highest BCUT2D eigenvalue weighted by molar-refractivity contribution is 4.93. The zero-order valence-electron chi connectivity index (χ0n) is 9.60. The molecule has 1 rings (SSSR count). The first kappa shape index (κ1) is 14.3. The van der Waals surface area contributed by atoms with Crippen LogP contribution in [0.15, 0.2) is 0 Å². The van der Waals surface area contributed by atoms with E-state index < -0.39 is 37.3 Å². The van der Waals surface area contributed by atoms with Crippen molar-refractivity contribution in [2.75, 3.05) is 20.2 Å². The fourth-order valence-corrected chi connectivity index (χ4v) is 1.94. The molecule has 7 nitrogen and oxygen atoms in total. The van der Waals surface area contributed by atoms with Crippen LogP contribution in [0.1, 0.15) is 6.42 Å². The first-order valence-corrected chi connectivity index (χ1v) is 5.40. The lowest BCUT2D eigenvalue weighted by atomic mass is 9.96. The summed E-state index contributed by atoms with van der Waals surface area (Å²) in [6.45, 7) is -0.140. The highest BCUT2D eigenvalue weighted by atomic mass is 16.6. The summed E-state index contributed by atoms with van der Waals surface area (Å²) >= 11 is 0. The monoisotopic (exact) mass is 246 g/mol. The molecule has 1 saturated heterocycles. The molecule has 0 amide bonds. The van der Waals surface area contributed by atoms with E-state index in [9.17, 15) is 15.3 Å². The molecule has 5 atom stereocenters. The van der Waals surface area contributed by atoms with E-state index in [1.165, 1.54) is 0 Å². The Labute approximate surface area is 99.5 Å². The Balaban J connectivity index is 2.69. The maximum absolute atomic E-state index is 9.85. The average molecular weight is 246 g/mol. The second-order valence-corrected chi connectivity index (χ2v) is 4.11. The molecule has 0 aromatic heterocycles. The van der Waals surface area contributed by atoms with Gasteiger partial charge in [0.2, 0.25) is 0 Å². The molecule has 0 saturated carbocycles. The summed E-state index contributed by atoms with van der Waals surface area (Å²) in [5.74, 6) is 0. The van der Waals surface area contributed by atoms with Crippen molar-refractivity contribution in [3.63, 3.8) is 0 Å². The van der Waals surface area contributed by atoms with Gasteiger partial charge in [0.15, 0.2) is 6.29 Å². The van der Waals surface area contributed by atoms with E-state index in [2.05, 4.69) is 0 Å². The Morgan fingerprint density at radius 2 is 1.94 bits per heavy atom. The quantitative estimate of drug-likeness (QED) is 0.438. The van der Waals surface area contributed by atoms with Crippen molar-refractivity contribution in [2.24, 2.45) is 0 Å². The lowest BCUT2D eigenvalue weighted by Crippen LogP contribution is -2.63. The molecule has 7 heteroatoms. The average Bonchev–Trinajstić information content (AvgIpc) is 2.31. The minimum absolute atomic E-state index is 0.242. The molecule has 1 aliphatic heterocycles. The Bertz CT molecular complexity index is 282. The van der Waals surface area contributed by atoms with Crippen LogP contribution in [0, 0.1) is 11.3 Å². The van der Waals surface area contributed by atoms with Gasteiger partial charge in [0, 0.05) is 13.0 Å². The summed E-state index contributed by atoms with van der Waals surface area (Å²) in [7, 11) is 1.61. The predicted octanol–water partition coefficient (Wildman–Crippen LogP) is -2.37. The molecule has 1 fully saturated rings. The topological polar surface area (TPSA) is 117 Å². The highest BCUT2D eigenvalue weighted by Crippen LogP contribution is 2.23. The smallest absolute Gasteiger partial charge is 0.173 e. The summed E-state index contributed by atoms with van der Waals surface area (Å²) in [5, 5.41) is 46.6. The third kappa shape index (κ3) is 3.13. The molecule has 0 radical (unpaired) electrons. The van der Waals surface area contributed by atoms with E-state index in [4.69, 9.17) is 15.1 Å². The van der Waals surface area contributed by atoms with E-state index in [-0.39, 0.29) is 6.42 Å². The standard InChI is InChI=1S/C10H18N2O5/c1-12(4-2-3-11)7-9(15)8(14)6(5-13)17-10(7)16/h6-10,13-16H,2,4-5H2,1H3/t6-,7-,8-,9-,10?/m1/s1. The molecule has 0 aliphatic carbocycles. The molecule has 1 aliphatic rings. The third-order valence-corrected chi connectivity index (χ3v) is 2.95. The van der Waals surface area contributed by atoms with Crippen molar-refractivity contribution in [3.05, 3.63) is 0 Å². The largest absolute Gasteiger partial charge is 0.394 e. The Morgan fingerprint density at radius 3 is 2.47 bits per heavy atom. The van der Waals surface area contributed by atoms with Gasteiger partial charge in [-0.3, -0.25) is 4.90 Å². The first-order valence-electron chi connectivity index (χ1n) is 5.40.